The van der Waals surface area contributed by atoms with Gasteiger partial charge in [0.15, 0.2) is 0 Å². The molecule has 0 aromatic heterocycles. The van der Waals surface area contributed by atoms with Crippen molar-refractivity contribution in [2.75, 3.05) is 6.61 Å². The van der Waals surface area contributed by atoms with E-state index in [1.807, 2.05) is 25.1 Å². The summed E-state index contributed by atoms with van der Waals surface area (Å²) in [7, 11) is 0. The Bertz CT molecular complexity index is 360. The largest absolute Gasteiger partial charge is 0.425 e. The first-order valence-electron chi connectivity index (χ1n) is 4.82. The smallest absolute Gasteiger partial charge is 0.386 e. The lowest BCUT2D eigenvalue weighted by atomic mass is 10.1. The van der Waals surface area contributed by atoms with Crippen LogP contribution < -0.4 is 0 Å². The summed E-state index contributed by atoms with van der Waals surface area (Å²) in [5, 5.41) is 3.26. The molecule has 1 aromatic rings. The first-order chi connectivity index (χ1) is 7.51. The van der Waals surface area contributed by atoms with E-state index in [1.165, 1.54) is 6.21 Å². The Morgan fingerprint density at radius 2 is 2.12 bits per heavy atom. The van der Waals surface area contributed by atoms with Gasteiger partial charge in [-0.15, -0.1) is 0 Å². The van der Waals surface area contributed by atoms with E-state index in [9.17, 15) is 13.2 Å². The highest BCUT2D eigenvalue weighted by atomic mass is 19.4. The number of benzene rings is 1. The van der Waals surface area contributed by atoms with Gasteiger partial charge in [0.05, 0.1) is 6.21 Å². The summed E-state index contributed by atoms with van der Waals surface area (Å²) in [6, 6.07) is 7.36. The van der Waals surface area contributed by atoms with Crippen molar-refractivity contribution >= 4 is 6.21 Å². The zero-order chi connectivity index (χ0) is 12.0. The molecule has 0 aliphatic heterocycles. The fraction of sp³-hybridized carbons (Fsp3) is 0.364. The molecule has 0 saturated carbocycles. The lowest BCUT2D eigenvalue weighted by molar-refractivity contribution is -0.173. The van der Waals surface area contributed by atoms with Gasteiger partial charge < -0.3 is 4.84 Å². The number of oxime groups is 1. The fourth-order valence-corrected chi connectivity index (χ4v) is 1.10. The third-order valence-corrected chi connectivity index (χ3v) is 1.86. The molecule has 0 unspecified atom stereocenters. The maximum absolute atomic E-state index is 11.7. The van der Waals surface area contributed by atoms with Crippen molar-refractivity contribution in [3.05, 3.63) is 35.4 Å². The summed E-state index contributed by atoms with van der Waals surface area (Å²) in [4.78, 5) is 4.12. The number of hydrogen-bond donors (Lipinski definition) is 0. The fourth-order valence-electron chi connectivity index (χ4n) is 1.10. The Morgan fingerprint density at radius 3 is 2.75 bits per heavy atom. The first-order valence-corrected chi connectivity index (χ1v) is 4.82. The van der Waals surface area contributed by atoms with Crippen molar-refractivity contribution in [3.63, 3.8) is 0 Å². The minimum absolute atomic E-state index is 0.724. The molecule has 0 aliphatic rings. The van der Waals surface area contributed by atoms with Crippen molar-refractivity contribution in [2.45, 2.75) is 19.5 Å². The minimum atomic E-state index is -4.34. The molecule has 0 radical (unpaired) electrons. The monoisotopic (exact) mass is 231 g/mol. The molecular formula is C11H12F3NO. The van der Waals surface area contributed by atoms with Gasteiger partial charge in [-0.2, -0.15) is 13.2 Å². The van der Waals surface area contributed by atoms with E-state index in [2.05, 4.69) is 9.99 Å². The zero-order valence-electron chi connectivity index (χ0n) is 8.79. The number of alkyl halides is 3. The van der Waals surface area contributed by atoms with Crippen LogP contribution in [0, 0.1) is 0 Å². The van der Waals surface area contributed by atoms with Gasteiger partial charge in [0, 0.05) is 0 Å². The van der Waals surface area contributed by atoms with Crippen LogP contribution >= 0.6 is 0 Å². The number of rotatable bonds is 4. The molecule has 0 amide bonds. The van der Waals surface area contributed by atoms with E-state index in [-0.39, 0.29) is 0 Å². The second kappa shape index (κ2) is 5.53. The Hall–Kier alpha value is -1.52. The van der Waals surface area contributed by atoms with Gasteiger partial charge in [-0.25, -0.2) is 0 Å². The molecule has 88 valence electrons. The lowest BCUT2D eigenvalue weighted by Gasteiger charge is -2.03. The molecule has 0 heterocycles. The summed E-state index contributed by atoms with van der Waals surface area (Å²) in [6.07, 6.45) is -2.21. The van der Waals surface area contributed by atoms with Crippen molar-refractivity contribution in [1.29, 1.82) is 0 Å². The maximum atomic E-state index is 11.7. The molecule has 0 fully saturated rings. The number of aryl methyl sites for hydroxylation is 1. The van der Waals surface area contributed by atoms with E-state index in [4.69, 9.17) is 0 Å². The van der Waals surface area contributed by atoms with Crippen LogP contribution in [0.5, 0.6) is 0 Å². The average molecular weight is 231 g/mol. The molecule has 0 saturated heterocycles. The Balaban J connectivity index is 2.49. The number of nitrogens with zero attached hydrogens (tertiary/aromatic N) is 1. The van der Waals surface area contributed by atoms with Crippen LogP contribution in [0.3, 0.4) is 0 Å². The van der Waals surface area contributed by atoms with Gasteiger partial charge >= 0.3 is 6.18 Å². The predicted molar refractivity (Wildman–Crippen MR) is 55.4 cm³/mol. The third kappa shape index (κ3) is 4.82. The predicted octanol–water partition coefficient (Wildman–Crippen LogP) is 3.16. The molecule has 0 N–H and O–H groups in total. The van der Waals surface area contributed by atoms with Crippen LogP contribution in [-0.2, 0) is 11.3 Å². The van der Waals surface area contributed by atoms with Gasteiger partial charge in [-0.3, -0.25) is 0 Å². The molecule has 16 heavy (non-hydrogen) atoms. The van der Waals surface area contributed by atoms with Gasteiger partial charge in [0.2, 0.25) is 6.61 Å². The molecule has 0 bridgehead atoms. The number of hydrogen-bond acceptors (Lipinski definition) is 2. The highest BCUT2D eigenvalue weighted by molar-refractivity contribution is 5.79. The summed E-state index contributed by atoms with van der Waals surface area (Å²) in [6.45, 7) is 0.632. The van der Waals surface area contributed by atoms with Gasteiger partial charge in [0.25, 0.3) is 0 Å². The average Bonchev–Trinajstić information content (AvgIpc) is 2.23. The van der Waals surface area contributed by atoms with Crippen LogP contribution in [0.25, 0.3) is 0 Å². The first kappa shape index (κ1) is 12.5. The van der Waals surface area contributed by atoms with Crippen LogP contribution in [0.2, 0.25) is 0 Å². The summed E-state index contributed by atoms with van der Waals surface area (Å²) in [5.74, 6) is 0. The molecule has 2 nitrogen and oxygen atoms in total. The van der Waals surface area contributed by atoms with Crippen molar-refractivity contribution in [1.82, 2.24) is 0 Å². The highest BCUT2D eigenvalue weighted by Crippen LogP contribution is 2.14. The van der Waals surface area contributed by atoms with Crippen molar-refractivity contribution < 1.29 is 18.0 Å². The van der Waals surface area contributed by atoms with Crippen molar-refractivity contribution in [3.8, 4) is 0 Å². The number of halogens is 3. The van der Waals surface area contributed by atoms with E-state index in [0.29, 0.717) is 0 Å². The summed E-state index contributed by atoms with van der Waals surface area (Å²) < 4.78 is 35.1. The topological polar surface area (TPSA) is 21.6 Å². The highest BCUT2D eigenvalue weighted by Gasteiger charge is 2.28. The van der Waals surface area contributed by atoms with Crippen LogP contribution in [0.15, 0.2) is 29.4 Å². The molecule has 0 aliphatic carbocycles. The van der Waals surface area contributed by atoms with Crippen LogP contribution in [0.4, 0.5) is 13.2 Å². The second-order valence-electron chi connectivity index (χ2n) is 3.22. The maximum Gasteiger partial charge on any atom is 0.425 e. The van der Waals surface area contributed by atoms with Gasteiger partial charge in [-0.1, -0.05) is 36.3 Å². The molecule has 0 atom stereocenters. The van der Waals surface area contributed by atoms with E-state index in [0.717, 1.165) is 17.5 Å². The lowest BCUT2D eigenvalue weighted by Crippen LogP contribution is -2.14. The molecule has 1 aromatic carbocycles. The SMILES string of the molecule is CCc1cccc(C=NOCC(F)(F)F)c1. The van der Waals surface area contributed by atoms with Crippen LogP contribution in [-0.4, -0.2) is 19.0 Å². The summed E-state index contributed by atoms with van der Waals surface area (Å²) >= 11 is 0. The summed E-state index contributed by atoms with van der Waals surface area (Å²) in [5.41, 5.74) is 1.82. The quantitative estimate of drug-likeness (QED) is 0.576. The molecule has 5 heteroatoms. The second-order valence-corrected chi connectivity index (χ2v) is 3.22. The van der Waals surface area contributed by atoms with Gasteiger partial charge in [-0.05, 0) is 17.5 Å². The zero-order valence-corrected chi connectivity index (χ0v) is 8.79. The molecular weight excluding hydrogens is 219 g/mol. The Labute approximate surface area is 91.7 Å². The third-order valence-electron chi connectivity index (χ3n) is 1.86. The van der Waals surface area contributed by atoms with Gasteiger partial charge in [0.1, 0.15) is 0 Å². The normalized spacial score (nSPS) is 12.0. The standard InChI is InChI=1S/C11H12F3NO/c1-2-9-4-3-5-10(6-9)7-15-16-8-11(12,13)14/h3-7H,2,8H2,1H3. The molecule has 1 rings (SSSR count). The van der Waals surface area contributed by atoms with Crippen LogP contribution in [0.1, 0.15) is 18.1 Å². The van der Waals surface area contributed by atoms with E-state index in [1.54, 1.807) is 6.07 Å². The van der Waals surface area contributed by atoms with Crippen molar-refractivity contribution in [2.24, 2.45) is 5.16 Å². The van der Waals surface area contributed by atoms with E-state index >= 15 is 0 Å². The Morgan fingerprint density at radius 1 is 1.38 bits per heavy atom. The van der Waals surface area contributed by atoms with E-state index < -0.39 is 12.8 Å². The molecule has 0 spiro atoms. The Kier molecular flexibility index (Phi) is 4.34. The minimum Gasteiger partial charge on any atom is -0.386 e.